The highest BCUT2D eigenvalue weighted by atomic mass is 16.5. The Bertz CT molecular complexity index is 1360. The largest absolute Gasteiger partial charge is 0.433 e. The third kappa shape index (κ3) is 3.26. The maximum absolute atomic E-state index is 13.5. The Kier molecular flexibility index (Phi) is 4.55. The molecule has 0 aliphatic carbocycles. The molecule has 1 unspecified atom stereocenters. The molecule has 0 radical (unpaired) electrons. The van der Waals surface area contributed by atoms with Crippen LogP contribution in [0.1, 0.15) is 18.7 Å². The fourth-order valence-electron chi connectivity index (χ4n) is 3.57. The highest BCUT2D eigenvalue weighted by molar-refractivity contribution is 5.89. The van der Waals surface area contributed by atoms with Crippen molar-refractivity contribution in [1.29, 1.82) is 0 Å². The zero-order valence-corrected chi connectivity index (χ0v) is 16.7. The zero-order chi connectivity index (χ0) is 21.4. The number of benzene rings is 3. The number of hydrazone groups is 1. The van der Waals surface area contributed by atoms with Crippen molar-refractivity contribution < 1.29 is 9.53 Å². The number of hydrogen-bond donors (Lipinski definition) is 0. The minimum atomic E-state index is -0.768. The molecule has 0 N–H and O–H groups in total. The summed E-state index contributed by atoms with van der Waals surface area (Å²) >= 11 is 0. The molecule has 31 heavy (non-hydrogen) atoms. The van der Waals surface area contributed by atoms with E-state index in [0.29, 0.717) is 16.7 Å². The van der Waals surface area contributed by atoms with Gasteiger partial charge in [-0.2, -0.15) is 5.01 Å². The quantitative estimate of drug-likeness (QED) is 0.504. The SMILES string of the molecule is CC(=O)N1N=C(n2c(-c3ccccc3)nc3ccccc3c2=O)OC1c1ccccc1. The number of hydrogen-bond acceptors (Lipinski definition) is 5. The van der Waals surface area contributed by atoms with Gasteiger partial charge in [-0.05, 0) is 12.1 Å². The summed E-state index contributed by atoms with van der Waals surface area (Å²) in [6, 6.07) is 25.8. The van der Waals surface area contributed by atoms with Gasteiger partial charge in [-0.3, -0.25) is 9.59 Å². The molecule has 1 atom stereocenters. The lowest BCUT2D eigenvalue weighted by atomic mass is 10.2. The lowest BCUT2D eigenvalue weighted by molar-refractivity contribution is -0.135. The maximum Gasteiger partial charge on any atom is 0.325 e. The molecule has 0 spiro atoms. The Hall–Kier alpha value is -4.26. The lowest BCUT2D eigenvalue weighted by Crippen LogP contribution is -2.30. The topological polar surface area (TPSA) is 76.8 Å². The highest BCUT2D eigenvalue weighted by Crippen LogP contribution is 2.30. The average Bonchev–Trinajstić information content (AvgIpc) is 3.26. The lowest BCUT2D eigenvalue weighted by Gasteiger charge is -2.19. The molecule has 2 heterocycles. The smallest absolute Gasteiger partial charge is 0.325 e. The number of carbonyl (C=O) groups excluding carboxylic acids is 1. The van der Waals surface area contributed by atoms with Crippen molar-refractivity contribution >= 4 is 22.8 Å². The molecule has 5 rings (SSSR count). The molecule has 0 bridgehead atoms. The first-order chi connectivity index (χ1) is 15.1. The maximum atomic E-state index is 13.5. The number of fused-ring (bicyclic) bond motifs is 1. The van der Waals surface area contributed by atoms with Gasteiger partial charge in [0.05, 0.1) is 10.9 Å². The highest BCUT2D eigenvalue weighted by Gasteiger charge is 2.35. The van der Waals surface area contributed by atoms with Crippen LogP contribution < -0.4 is 5.56 Å². The third-order valence-corrected chi connectivity index (χ3v) is 5.04. The van der Waals surface area contributed by atoms with Crippen LogP contribution in [0.5, 0.6) is 0 Å². The van der Waals surface area contributed by atoms with Crippen molar-refractivity contribution in [3.8, 4) is 11.4 Å². The monoisotopic (exact) mass is 410 g/mol. The van der Waals surface area contributed by atoms with Crippen molar-refractivity contribution in [1.82, 2.24) is 14.6 Å². The van der Waals surface area contributed by atoms with E-state index in [4.69, 9.17) is 9.72 Å². The van der Waals surface area contributed by atoms with E-state index in [0.717, 1.165) is 11.1 Å². The minimum Gasteiger partial charge on any atom is -0.433 e. The predicted molar refractivity (Wildman–Crippen MR) is 117 cm³/mol. The van der Waals surface area contributed by atoms with E-state index in [1.165, 1.54) is 16.5 Å². The summed E-state index contributed by atoms with van der Waals surface area (Å²) < 4.78 is 7.41. The third-order valence-electron chi connectivity index (χ3n) is 5.04. The number of para-hydroxylation sites is 1. The molecule has 0 fully saturated rings. The van der Waals surface area contributed by atoms with Gasteiger partial charge in [-0.25, -0.2) is 9.55 Å². The van der Waals surface area contributed by atoms with Crippen molar-refractivity contribution in [2.75, 3.05) is 0 Å². The van der Waals surface area contributed by atoms with Crippen LogP contribution in [0.15, 0.2) is 94.8 Å². The minimum absolute atomic E-state index is 0.00570. The van der Waals surface area contributed by atoms with Crippen LogP contribution in [0, 0.1) is 0 Å². The van der Waals surface area contributed by atoms with Crippen LogP contribution in [0.2, 0.25) is 0 Å². The predicted octanol–water partition coefficient (Wildman–Crippen LogP) is 3.76. The number of nitrogens with zero attached hydrogens (tertiary/aromatic N) is 4. The second kappa shape index (κ2) is 7.53. The van der Waals surface area contributed by atoms with Gasteiger partial charge in [0.15, 0.2) is 5.82 Å². The van der Waals surface area contributed by atoms with Gasteiger partial charge in [0, 0.05) is 18.1 Å². The zero-order valence-electron chi connectivity index (χ0n) is 16.7. The van der Waals surface area contributed by atoms with Gasteiger partial charge in [-0.1, -0.05) is 72.8 Å². The van der Waals surface area contributed by atoms with Crippen molar-refractivity contribution in [3.05, 3.63) is 101 Å². The van der Waals surface area contributed by atoms with Crippen LogP contribution in [0.3, 0.4) is 0 Å². The normalized spacial score (nSPS) is 15.6. The van der Waals surface area contributed by atoms with E-state index in [1.54, 1.807) is 18.2 Å². The van der Waals surface area contributed by atoms with Crippen LogP contribution in [0.4, 0.5) is 0 Å². The molecule has 0 saturated heterocycles. The Morgan fingerprint density at radius 3 is 2.26 bits per heavy atom. The second-order valence-electron chi connectivity index (χ2n) is 7.09. The molecule has 0 saturated carbocycles. The summed E-state index contributed by atoms with van der Waals surface area (Å²) in [4.78, 5) is 30.5. The molecule has 4 aromatic rings. The van der Waals surface area contributed by atoms with Gasteiger partial charge in [0.25, 0.3) is 5.56 Å². The molecule has 1 aliphatic rings. The number of aromatic nitrogens is 2. The van der Waals surface area contributed by atoms with Crippen molar-refractivity contribution in [2.24, 2.45) is 5.10 Å². The van der Waals surface area contributed by atoms with Crippen LogP contribution in [0.25, 0.3) is 22.3 Å². The Morgan fingerprint density at radius 1 is 0.903 bits per heavy atom. The summed E-state index contributed by atoms with van der Waals surface area (Å²) in [6.07, 6.45) is -0.768. The first-order valence-electron chi connectivity index (χ1n) is 9.81. The summed E-state index contributed by atoms with van der Waals surface area (Å²) in [5.41, 5.74) is 1.73. The molecule has 7 nitrogen and oxygen atoms in total. The Balaban J connectivity index is 1.73. The molecular formula is C24H18N4O3. The van der Waals surface area contributed by atoms with Gasteiger partial charge < -0.3 is 4.74 Å². The molecule has 7 heteroatoms. The van der Waals surface area contributed by atoms with E-state index in [9.17, 15) is 9.59 Å². The molecule has 1 aromatic heterocycles. The number of amides is 1. The number of ether oxygens (including phenoxy) is 1. The molecule has 1 aliphatic heterocycles. The Labute approximate surface area is 177 Å². The summed E-state index contributed by atoms with van der Waals surface area (Å²) in [5.74, 6) is 0.0900. The van der Waals surface area contributed by atoms with Crippen molar-refractivity contribution in [3.63, 3.8) is 0 Å². The van der Waals surface area contributed by atoms with Gasteiger partial charge in [0.2, 0.25) is 12.1 Å². The van der Waals surface area contributed by atoms with E-state index in [1.807, 2.05) is 66.7 Å². The van der Waals surface area contributed by atoms with E-state index < -0.39 is 6.23 Å². The van der Waals surface area contributed by atoms with Gasteiger partial charge in [-0.15, -0.1) is 5.10 Å². The molecule has 152 valence electrons. The summed E-state index contributed by atoms with van der Waals surface area (Å²) in [6.45, 7) is 1.41. The molecule has 1 amide bonds. The fraction of sp³-hybridized carbons (Fsp3) is 0.0833. The standard InChI is InChI=1S/C24H18N4O3/c1-16(29)28-23(18-12-6-3-7-13-18)31-24(26-28)27-21(17-10-4-2-5-11-17)25-20-15-9-8-14-19(20)22(27)30/h2-15,23H,1H3. The van der Waals surface area contributed by atoms with Gasteiger partial charge >= 0.3 is 6.02 Å². The van der Waals surface area contributed by atoms with Gasteiger partial charge in [0.1, 0.15) is 0 Å². The van der Waals surface area contributed by atoms with E-state index in [-0.39, 0.29) is 17.5 Å². The summed E-state index contributed by atoms with van der Waals surface area (Å²) in [5, 5.41) is 6.04. The first kappa shape index (κ1) is 18.7. The number of carbonyl (C=O) groups is 1. The van der Waals surface area contributed by atoms with E-state index in [2.05, 4.69) is 5.10 Å². The first-order valence-corrected chi connectivity index (χ1v) is 9.81. The molecular weight excluding hydrogens is 392 g/mol. The number of rotatable bonds is 2. The van der Waals surface area contributed by atoms with Crippen molar-refractivity contribution in [2.45, 2.75) is 13.2 Å². The van der Waals surface area contributed by atoms with Crippen LogP contribution >= 0.6 is 0 Å². The average molecular weight is 410 g/mol. The Morgan fingerprint density at radius 2 is 1.55 bits per heavy atom. The van der Waals surface area contributed by atoms with E-state index >= 15 is 0 Å². The second-order valence-corrected chi connectivity index (χ2v) is 7.09. The summed E-state index contributed by atoms with van der Waals surface area (Å²) in [7, 11) is 0. The van der Waals surface area contributed by atoms with Crippen LogP contribution in [-0.2, 0) is 9.53 Å². The molecule has 3 aromatic carbocycles. The van der Waals surface area contributed by atoms with Crippen LogP contribution in [-0.4, -0.2) is 26.5 Å². The fourth-order valence-corrected chi connectivity index (χ4v) is 3.57.